The minimum absolute atomic E-state index is 0.163. The molecule has 0 saturated carbocycles. The highest BCUT2D eigenvalue weighted by molar-refractivity contribution is 7.78. The van der Waals surface area contributed by atoms with Crippen molar-refractivity contribution in [1.82, 2.24) is 29.3 Å². The maximum Gasteiger partial charge on any atom is 0.208 e. The Balaban J connectivity index is 0.000000193. The Kier molecular flexibility index (Phi) is 20.1. The lowest BCUT2D eigenvalue weighted by Gasteiger charge is -2.34. The monoisotopic (exact) mass is 1060 g/mol. The Labute approximate surface area is 456 Å². The predicted molar refractivity (Wildman–Crippen MR) is 306 cm³/mol. The van der Waals surface area contributed by atoms with Gasteiger partial charge in [-0.05, 0) is 134 Å². The fraction of sp³-hybridized carbons (Fsp3) is 0.367. The molecule has 0 spiro atoms. The number of pyridine rings is 2. The first-order valence-corrected chi connectivity index (χ1v) is 26.5. The fourth-order valence-corrected chi connectivity index (χ4v) is 10.3. The number of likely N-dealkylation sites (tertiary alicyclic amines) is 2. The fourth-order valence-electron chi connectivity index (χ4n) is 10.2. The van der Waals surface area contributed by atoms with E-state index in [9.17, 15) is 18.4 Å². The summed E-state index contributed by atoms with van der Waals surface area (Å²) in [7, 11) is 3.70. The summed E-state index contributed by atoms with van der Waals surface area (Å²) >= 11 is 4.35. The third-order valence-corrected chi connectivity index (χ3v) is 13.4. The number of benzene rings is 4. The average molecular weight is 1070 g/mol. The first kappa shape index (κ1) is 57.3. The lowest BCUT2D eigenvalue weighted by Crippen LogP contribution is -2.41. The number of piperidine rings is 2. The highest BCUT2D eigenvalue weighted by atomic mass is 32.1. The Morgan fingerprint density at radius 1 is 0.688 bits per heavy atom. The number of hydrogen-bond donors (Lipinski definition) is 3. The molecular weight excluding hydrogens is 995 g/mol. The van der Waals surface area contributed by atoms with Crippen molar-refractivity contribution < 1.29 is 27.8 Å². The number of nitrogens with one attached hydrogen (secondary N) is 2. The van der Waals surface area contributed by atoms with E-state index in [1.807, 2.05) is 75.0 Å². The van der Waals surface area contributed by atoms with Gasteiger partial charge in [-0.25, -0.2) is 13.8 Å². The second-order valence-electron chi connectivity index (χ2n) is 20.8. The third kappa shape index (κ3) is 17.0. The smallest absolute Gasteiger partial charge is 0.208 e. The molecule has 2 aliphatic heterocycles. The normalized spacial score (nSPS) is 17.4. The topological polar surface area (TPSA) is 165 Å². The molecule has 77 heavy (non-hydrogen) atoms. The average Bonchev–Trinajstić information content (AvgIpc) is 3.67. The van der Waals surface area contributed by atoms with Crippen molar-refractivity contribution >= 4 is 68.7 Å². The van der Waals surface area contributed by atoms with E-state index in [0.717, 1.165) is 59.7 Å². The van der Waals surface area contributed by atoms with Crippen LogP contribution in [0.1, 0.15) is 63.1 Å². The first-order chi connectivity index (χ1) is 36.9. The first-order valence-electron chi connectivity index (χ1n) is 26.0. The molecule has 2 fully saturated rings. The van der Waals surface area contributed by atoms with Gasteiger partial charge in [0.15, 0.2) is 11.6 Å². The van der Waals surface area contributed by atoms with E-state index in [1.54, 1.807) is 54.9 Å². The minimum atomic E-state index is -0.368. The molecule has 7 aromatic rings. The summed E-state index contributed by atoms with van der Waals surface area (Å²) in [6.45, 7) is 17.7. The number of hydrogen-bond acceptors (Lipinski definition) is 14. The van der Waals surface area contributed by atoms with Crippen LogP contribution in [0.4, 0.5) is 37.5 Å². The van der Waals surface area contributed by atoms with E-state index < -0.39 is 0 Å². The second kappa shape index (κ2) is 27.1. The molecule has 5 heterocycles. The van der Waals surface area contributed by atoms with Crippen LogP contribution >= 0.6 is 12.2 Å². The van der Waals surface area contributed by atoms with Crippen LogP contribution in [0.5, 0.6) is 23.0 Å². The van der Waals surface area contributed by atoms with Crippen molar-refractivity contribution in [3.8, 4) is 23.0 Å². The zero-order valence-electron chi connectivity index (χ0n) is 45.3. The van der Waals surface area contributed by atoms with E-state index in [1.165, 1.54) is 25.0 Å². The maximum absolute atomic E-state index is 14.3. The van der Waals surface area contributed by atoms with E-state index in [-0.39, 0.29) is 35.3 Å². The summed E-state index contributed by atoms with van der Waals surface area (Å²) in [5.74, 6) is 5.23. The molecule has 404 valence electrons. The van der Waals surface area contributed by atoms with Crippen LogP contribution in [-0.4, -0.2) is 92.4 Å². The maximum atomic E-state index is 14.3. The summed E-state index contributed by atoms with van der Waals surface area (Å²) in [5.41, 5.74) is 13.0. The zero-order valence-corrected chi connectivity index (χ0v) is 46.1. The molecule has 0 amide bonds. The van der Waals surface area contributed by atoms with Gasteiger partial charge in [-0.3, -0.25) is 29.4 Å². The minimum Gasteiger partial charge on any atom is -0.457 e. The highest BCUT2D eigenvalue weighted by Crippen LogP contribution is 2.31. The molecule has 3 aromatic heterocycles. The molecule has 9 rings (SSSR count). The quantitative estimate of drug-likeness (QED) is 0.0476. The molecule has 4 atom stereocenters. The van der Waals surface area contributed by atoms with Crippen molar-refractivity contribution in [3.05, 3.63) is 144 Å². The molecule has 4 aromatic carbocycles. The standard InChI is InChI=1S/C30H34FN5O2.C22H30N4O2.C8H6FNS/c1-19-5-7-26(31)27(12-19)33-30-34-28-15-24(6-8-29(28)35(30)4)38-25-9-10-32-22(14-25)13-23(37)18-36-16-20(2)11-21(3)17-36;1-15-8-16(2)13-26(12-15)14-18(27)9-17-10-20(6-7-25-17)28-19-4-5-22(24-3)21(23)11-19;1-6-2-3-7(9)8(4-6)10-5-11/h5-10,12,14-15,20-21H,11,13,16-18H2,1-4H3,(H,33,34);4-7,10-11,15-16,24H,8-9,12-14,23H2,1-3H3;2-4H,1H3. The van der Waals surface area contributed by atoms with Crippen molar-refractivity contribution in [3.63, 3.8) is 0 Å². The molecule has 4 N–H and O–H groups in total. The molecule has 2 aliphatic rings. The number of carbonyl (C=O) groups is 2. The third-order valence-electron chi connectivity index (χ3n) is 13.3. The number of nitrogen functional groups attached to an aromatic ring is 1. The number of nitrogens with two attached hydrogens (primary N) is 1. The van der Waals surface area contributed by atoms with Crippen molar-refractivity contribution in [1.29, 1.82) is 0 Å². The number of aliphatic imine (C=N–C) groups is 1. The number of thiocarbonyl (C=S) groups is 1. The number of ether oxygens (including phenoxy) is 2. The zero-order chi connectivity index (χ0) is 55.2. The van der Waals surface area contributed by atoms with E-state index in [0.29, 0.717) is 89.2 Å². The number of imidazole rings is 1. The number of rotatable bonds is 16. The van der Waals surface area contributed by atoms with Crippen molar-refractivity contribution in [2.45, 2.75) is 67.2 Å². The number of anilines is 4. The van der Waals surface area contributed by atoms with Gasteiger partial charge in [-0.2, -0.15) is 4.99 Å². The number of halogens is 2. The number of aromatic nitrogens is 4. The molecule has 17 heteroatoms. The lowest BCUT2D eigenvalue weighted by molar-refractivity contribution is -0.121. The van der Waals surface area contributed by atoms with Gasteiger partial charge in [-0.15, -0.1) is 0 Å². The van der Waals surface area contributed by atoms with Gasteiger partial charge in [0.2, 0.25) is 5.95 Å². The lowest BCUT2D eigenvalue weighted by atomic mass is 9.91. The highest BCUT2D eigenvalue weighted by Gasteiger charge is 2.25. The second-order valence-corrected chi connectivity index (χ2v) is 21.0. The van der Waals surface area contributed by atoms with Gasteiger partial charge >= 0.3 is 0 Å². The molecule has 14 nitrogen and oxygen atoms in total. The van der Waals surface area contributed by atoms with Crippen LogP contribution in [0.3, 0.4) is 0 Å². The number of aryl methyl sites for hydroxylation is 3. The number of nitrogens with zero attached hydrogens (tertiary/aromatic N) is 7. The summed E-state index contributed by atoms with van der Waals surface area (Å²) in [6.07, 6.45) is 6.40. The van der Waals surface area contributed by atoms with Gasteiger partial charge < -0.3 is 30.4 Å². The number of carbonyl (C=O) groups excluding carboxylic acids is 2. The Hall–Kier alpha value is -7.43. The largest absolute Gasteiger partial charge is 0.457 e. The van der Waals surface area contributed by atoms with Gasteiger partial charge in [0.1, 0.15) is 40.3 Å². The molecule has 4 unspecified atom stereocenters. The SMILES string of the molecule is CNc1ccc(Oc2ccnc(CC(=O)CN3CC(C)CC(C)C3)c2)cc1N.Cc1ccc(F)c(N=C=S)c1.Cc1ccc(F)c(Nc2nc3cc(Oc4ccnc(CC(=O)CN5CC(C)CC(C)C5)c4)ccc3n2C)c1. The molecule has 0 radical (unpaired) electrons. The molecule has 0 bridgehead atoms. The van der Waals surface area contributed by atoms with Gasteiger partial charge in [0.25, 0.3) is 0 Å². The molecule has 0 aliphatic carbocycles. The van der Waals surface area contributed by atoms with E-state index >= 15 is 0 Å². The van der Waals surface area contributed by atoms with Crippen LogP contribution in [0.2, 0.25) is 0 Å². The summed E-state index contributed by atoms with van der Waals surface area (Å²) < 4.78 is 40.9. The van der Waals surface area contributed by atoms with Crippen LogP contribution in [0.15, 0.2) is 114 Å². The van der Waals surface area contributed by atoms with E-state index in [4.69, 9.17) is 15.2 Å². The Bertz CT molecular complexity index is 3200. The van der Waals surface area contributed by atoms with Crippen LogP contribution in [0.25, 0.3) is 11.0 Å². The number of ketones is 2. The summed E-state index contributed by atoms with van der Waals surface area (Å²) in [4.78, 5) is 46.7. The predicted octanol–water partition coefficient (Wildman–Crippen LogP) is 12.5. The van der Waals surface area contributed by atoms with Gasteiger partial charge in [0.05, 0.1) is 70.6 Å². The molecular formula is C60H70F2N10O4S. The van der Waals surface area contributed by atoms with E-state index in [2.05, 4.69) is 85.5 Å². The van der Waals surface area contributed by atoms with Crippen molar-refractivity contribution in [2.24, 2.45) is 35.7 Å². The van der Waals surface area contributed by atoms with Crippen molar-refractivity contribution in [2.75, 3.05) is 62.7 Å². The Morgan fingerprint density at radius 2 is 1.19 bits per heavy atom. The van der Waals surface area contributed by atoms with Crippen LogP contribution < -0.4 is 25.8 Å². The van der Waals surface area contributed by atoms with Crippen LogP contribution in [-0.2, 0) is 29.5 Å². The number of isothiocyanates is 1. The number of Topliss-reactive ketones (excluding diaryl/α,β-unsaturated/α-hetero) is 2. The van der Waals surface area contributed by atoms with Gasteiger partial charge in [0, 0.05) is 76.9 Å². The molecule has 2 saturated heterocycles. The Morgan fingerprint density at radius 3 is 1.73 bits per heavy atom. The summed E-state index contributed by atoms with van der Waals surface area (Å²) in [6, 6.07) is 27.9. The van der Waals surface area contributed by atoms with Crippen LogP contribution in [0, 0.1) is 49.2 Å². The number of fused-ring (bicyclic) bond motifs is 1. The summed E-state index contributed by atoms with van der Waals surface area (Å²) in [5, 5.41) is 8.24. The van der Waals surface area contributed by atoms with Gasteiger partial charge in [-0.1, -0.05) is 39.8 Å².